The van der Waals surface area contributed by atoms with Gasteiger partial charge in [0.1, 0.15) is 12.4 Å². The second kappa shape index (κ2) is 10.0. The Bertz CT molecular complexity index is 1120. The monoisotopic (exact) mass is 410 g/mol. The fourth-order valence-corrected chi connectivity index (χ4v) is 3.07. The lowest BCUT2D eigenvalue weighted by atomic mass is 10.1. The molecule has 6 nitrogen and oxygen atoms in total. The highest BCUT2D eigenvalue weighted by Gasteiger charge is 2.06. The molecule has 2 amide bonds. The second-order valence-corrected chi connectivity index (χ2v) is 6.89. The number of pyridine rings is 2. The lowest BCUT2D eigenvalue weighted by molar-refractivity contribution is 0.251. The van der Waals surface area contributed by atoms with Crippen molar-refractivity contribution in [2.45, 2.75) is 13.2 Å². The van der Waals surface area contributed by atoms with E-state index in [-0.39, 0.29) is 6.03 Å². The molecule has 0 saturated heterocycles. The Kier molecular flexibility index (Phi) is 6.50. The Morgan fingerprint density at radius 3 is 2.39 bits per heavy atom. The number of anilines is 1. The minimum atomic E-state index is -0.265. The third kappa shape index (κ3) is 5.67. The van der Waals surface area contributed by atoms with Crippen molar-refractivity contribution in [3.05, 3.63) is 109 Å². The quantitative estimate of drug-likeness (QED) is 0.447. The van der Waals surface area contributed by atoms with Gasteiger partial charge in [0.25, 0.3) is 0 Å². The Labute approximate surface area is 181 Å². The fourth-order valence-electron chi connectivity index (χ4n) is 3.07. The molecule has 0 aliphatic rings. The number of urea groups is 1. The van der Waals surface area contributed by atoms with Crippen LogP contribution in [0.2, 0.25) is 0 Å². The molecule has 0 spiro atoms. The first-order valence-corrected chi connectivity index (χ1v) is 9.93. The minimum Gasteiger partial charge on any atom is -0.488 e. The first kappa shape index (κ1) is 20.1. The Morgan fingerprint density at radius 2 is 1.61 bits per heavy atom. The predicted molar refractivity (Wildman–Crippen MR) is 121 cm³/mol. The van der Waals surface area contributed by atoms with Gasteiger partial charge in [-0.3, -0.25) is 9.97 Å². The third-order valence-electron chi connectivity index (χ3n) is 4.66. The van der Waals surface area contributed by atoms with Crippen molar-refractivity contribution in [3.8, 4) is 16.9 Å². The summed E-state index contributed by atoms with van der Waals surface area (Å²) in [5, 5.41) is 5.64. The molecule has 2 heterocycles. The molecule has 0 unspecified atom stereocenters. The van der Waals surface area contributed by atoms with Gasteiger partial charge in [0.2, 0.25) is 0 Å². The van der Waals surface area contributed by atoms with Crippen molar-refractivity contribution < 1.29 is 9.53 Å². The highest BCUT2D eigenvalue weighted by molar-refractivity contribution is 5.89. The van der Waals surface area contributed by atoms with Crippen molar-refractivity contribution in [2.24, 2.45) is 0 Å². The number of para-hydroxylation sites is 1. The number of rotatable bonds is 7. The van der Waals surface area contributed by atoms with E-state index >= 15 is 0 Å². The topological polar surface area (TPSA) is 76.1 Å². The molecular weight excluding hydrogens is 388 g/mol. The number of nitrogens with zero attached hydrogens (tertiary/aromatic N) is 2. The summed E-state index contributed by atoms with van der Waals surface area (Å²) in [5.41, 5.74) is 4.74. The number of hydrogen-bond acceptors (Lipinski definition) is 4. The van der Waals surface area contributed by atoms with Crippen LogP contribution in [0, 0.1) is 0 Å². The summed E-state index contributed by atoms with van der Waals surface area (Å²) in [7, 11) is 0. The molecule has 4 rings (SSSR count). The van der Waals surface area contributed by atoms with E-state index < -0.39 is 0 Å². The number of carbonyl (C=O) groups excluding carboxylic acids is 1. The van der Waals surface area contributed by atoms with Gasteiger partial charge in [0.15, 0.2) is 0 Å². The molecule has 0 aliphatic carbocycles. The molecule has 31 heavy (non-hydrogen) atoms. The van der Waals surface area contributed by atoms with Gasteiger partial charge in [-0.2, -0.15) is 0 Å². The Hall–Kier alpha value is -4.19. The zero-order chi connectivity index (χ0) is 21.3. The van der Waals surface area contributed by atoms with Crippen molar-refractivity contribution >= 4 is 11.7 Å². The molecule has 4 aromatic rings. The van der Waals surface area contributed by atoms with E-state index in [1.165, 1.54) is 0 Å². The molecule has 0 bridgehead atoms. The van der Waals surface area contributed by atoms with Crippen LogP contribution in [0.3, 0.4) is 0 Å². The molecule has 0 radical (unpaired) electrons. The van der Waals surface area contributed by atoms with Crippen LogP contribution >= 0.6 is 0 Å². The number of nitrogens with one attached hydrogen (secondary N) is 2. The van der Waals surface area contributed by atoms with Gasteiger partial charge in [0, 0.05) is 42.6 Å². The van der Waals surface area contributed by atoms with Crippen LogP contribution in [0.1, 0.15) is 11.1 Å². The summed E-state index contributed by atoms with van der Waals surface area (Å²) in [6.07, 6.45) is 6.96. The molecule has 2 aromatic carbocycles. The molecule has 0 fully saturated rings. The molecule has 0 atom stereocenters. The van der Waals surface area contributed by atoms with Crippen LogP contribution < -0.4 is 15.4 Å². The van der Waals surface area contributed by atoms with Crippen LogP contribution in [0.25, 0.3) is 11.1 Å². The Morgan fingerprint density at radius 1 is 0.806 bits per heavy atom. The van der Waals surface area contributed by atoms with Crippen molar-refractivity contribution in [3.63, 3.8) is 0 Å². The summed E-state index contributed by atoms with van der Waals surface area (Å²) >= 11 is 0. The lowest BCUT2D eigenvalue weighted by Gasteiger charge is -2.12. The van der Waals surface area contributed by atoms with E-state index in [0.717, 1.165) is 28.0 Å². The van der Waals surface area contributed by atoms with Crippen LogP contribution in [-0.2, 0) is 13.2 Å². The third-order valence-corrected chi connectivity index (χ3v) is 4.66. The zero-order valence-electron chi connectivity index (χ0n) is 16.9. The molecule has 6 heteroatoms. The average molecular weight is 410 g/mol. The van der Waals surface area contributed by atoms with E-state index in [1.807, 2.05) is 72.8 Å². The van der Waals surface area contributed by atoms with E-state index in [2.05, 4.69) is 20.6 Å². The summed E-state index contributed by atoms with van der Waals surface area (Å²) in [6, 6.07) is 22.9. The predicted octanol–water partition coefficient (Wildman–Crippen LogP) is 5.04. The van der Waals surface area contributed by atoms with Gasteiger partial charge in [-0.1, -0.05) is 36.4 Å². The first-order chi connectivity index (χ1) is 15.3. The average Bonchev–Trinajstić information content (AvgIpc) is 2.84. The smallest absolute Gasteiger partial charge is 0.319 e. The summed E-state index contributed by atoms with van der Waals surface area (Å²) < 4.78 is 6.06. The number of amides is 2. The van der Waals surface area contributed by atoms with Gasteiger partial charge < -0.3 is 15.4 Å². The lowest BCUT2D eigenvalue weighted by Crippen LogP contribution is -2.28. The van der Waals surface area contributed by atoms with Gasteiger partial charge in [-0.25, -0.2) is 4.79 Å². The fraction of sp³-hybridized carbons (Fsp3) is 0.0800. The highest BCUT2D eigenvalue weighted by Crippen LogP contribution is 2.29. The highest BCUT2D eigenvalue weighted by atomic mass is 16.5. The molecule has 154 valence electrons. The van der Waals surface area contributed by atoms with Gasteiger partial charge >= 0.3 is 6.03 Å². The van der Waals surface area contributed by atoms with Crippen molar-refractivity contribution in [1.29, 1.82) is 0 Å². The number of ether oxygens (including phenoxy) is 1. The van der Waals surface area contributed by atoms with Crippen LogP contribution in [0.15, 0.2) is 97.6 Å². The molecule has 2 aromatic heterocycles. The van der Waals surface area contributed by atoms with Crippen LogP contribution in [0.4, 0.5) is 10.5 Å². The molecule has 0 saturated carbocycles. The van der Waals surface area contributed by atoms with Gasteiger partial charge in [-0.05, 0) is 53.1 Å². The van der Waals surface area contributed by atoms with E-state index in [1.54, 1.807) is 24.8 Å². The second-order valence-electron chi connectivity index (χ2n) is 6.89. The largest absolute Gasteiger partial charge is 0.488 e. The van der Waals surface area contributed by atoms with E-state index in [9.17, 15) is 4.79 Å². The molecule has 2 N–H and O–H groups in total. The number of carbonyl (C=O) groups is 1. The van der Waals surface area contributed by atoms with Gasteiger partial charge in [-0.15, -0.1) is 0 Å². The maximum absolute atomic E-state index is 12.1. The summed E-state index contributed by atoms with van der Waals surface area (Å²) in [6.45, 7) is 0.845. The number of benzene rings is 2. The van der Waals surface area contributed by atoms with Crippen LogP contribution in [-0.4, -0.2) is 16.0 Å². The Balaban J connectivity index is 1.32. The van der Waals surface area contributed by atoms with Crippen LogP contribution in [0.5, 0.6) is 5.75 Å². The van der Waals surface area contributed by atoms with Crippen molar-refractivity contribution in [2.75, 3.05) is 5.32 Å². The zero-order valence-corrected chi connectivity index (χ0v) is 16.9. The maximum Gasteiger partial charge on any atom is 0.319 e. The molecular formula is C25H22N4O2. The van der Waals surface area contributed by atoms with Gasteiger partial charge in [0.05, 0.1) is 0 Å². The molecule has 0 aliphatic heterocycles. The maximum atomic E-state index is 12.1. The van der Waals surface area contributed by atoms with E-state index in [4.69, 9.17) is 4.74 Å². The SMILES string of the molecule is O=C(NCc1cccnc1)Nc1ccc(COc2ccccc2-c2ccncc2)cc1. The first-order valence-electron chi connectivity index (χ1n) is 9.93. The summed E-state index contributed by atoms with van der Waals surface area (Å²) in [5.74, 6) is 0.811. The number of hydrogen-bond donors (Lipinski definition) is 2. The minimum absolute atomic E-state index is 0.265. The summed E-state index contributed by atoms with van der Waals surface area (Å²) in [4.78, 5) is 20.2. The normalized spacial score (nSPS) is 10.3. The number of aromatic nitrogens is 2. The van der Waals surface area contributed by atoms with E-state index in [0.29, 0.717) is 18.8 Å². The van der Waals surface area contributed by atoms with Crippen molar-refractivity contribution in [1.82, 2.24) is 15.3 Å². The standard InChI is InChI=1S/C25H22N4O2/c30-25(28-17-20-4-3-13-27-16-20)29-22-9-7-19(8-10-22)18-31-24-6-2-1-5-23(24)21-11-14-26-15-12-21/h1-16H,17-18H2,(H2,28,29,30).